The average molecular weight is 426 g/mol. The lowest BCUT2D eigenvalue weighted by atomic mass is 9.95. The van der Waals surface area contributed by atoms with Crippen LogP contribution in [0.25, 0.3) is 11.0 Å². The van der Waals surface area contributed by atoms with E-state index in [-0.39, 0.29) is 47.8 Å². The van der Waals surface area contributed by atoms with Crippen LogP contribution in [0, 0.1) is 11.8 Å². The van der Waals surface area contributed by atoms with Crippen LogP contribution in [0.1, 0.15) is 43.0 Å². The molecule has 2 aromatic rings. The largest absolute Gasteiger partial charge is 0.367 e. The van der Waals surface area contributed by atoms with Gasteiger partial charge >= 0.3 is 5.69 Å². The van der Waals surface area contributed by atoms with Gasteiger partial charge in [-0.2, -0.15) is 0 Å². The SMILES string of the molecule is C[C@@H]1CN(C(=O)[C@@H](NC(=O)c2ccc3[nH]c(=O)[nH]c3c2)C2CCCC2)[C@@H]2C(=O)CO[C@H]12. The fraction of sp³-hybridized carbons (Fsp3) is 0.545. The maximum Gasteiger partial charge on any atom is 0.323 e. The number of hydrogen-bond acceptors (Lipinski definition) is 5. The minimum absolute atomic E-state index is 0.0405. The standard InChI is InChI=1S/C22H26N4O5/c1-11-9-26(18-16(27)10-31-19(11)18)21(29)17(12-4-2-3-5-12)25-20(28)13-6-7-14-15(8-13)24-22(30)23-14/h6-8,11-12,17-19H,2-5,9-10H2,1H3,(H,25,28)(H2,23,24,30)/t11-,17+,18-,19-/m1/s1. The van der Waals surface area contributed by atoms with Gasteiger partial charge in [0, 0.05) is 18.0 Å². The average Bonchev–Trinajstić information content (AvgIpc) is 3.51. The smallest absolute Gasteiger partial charge is 0.323 e. The van der Waals surface area contributed by atoms with E-state index in [1.54, 1.807) is 23.1 Å². The first kappa shape index (κ1) is 20.0. The minimum atomic E-state index is -0.685. The fourth-order valence-electron chi connectivity index (χ4n) is 5.37. The lowest BCUT2D eigenvalue weighted by Gasteiger charge is -2.30. The van der Waals surface area contributed by atoms with Crippen molar-refractivity contribution < 1.29 is 19.1 Å². The number of ether oxygens (including phenoxy) is 1. The van der Waals surface area contributed by atoms with E-state index in [0.717, 1.165) is 25.7 Å². The van der Waals surface area contributed by atoms with Crippen molar-refractivity contribution in [3.63, 3.8) is 0 Å². The van der Waals surface area contributed by atoms with Crippen molar-refractivity contribution in [3.8, 4) is 0 Å². The number of aromatic nitrogens is 2. The molecule has 2 saturated heterocycles. The monoisotopic (exact) mass is 426 g/mol. The second-order valence-electron chi connectivity index (χ2n) is 8.99. The van der Waals surface area contributed by atoms with Gasteiger partial charge in [0.2, 0.25) is 5.91 Å². The molecule has 0 unspecified atom stereocenters. The first-order valence-corrected chi connectivity index (χ1v) is 10.9. The van der Waals surface area contributed by atoms with E-state index in [2.05, 4.69) is 15.3 Å². The van der Waals surface area contributed by atoms with E-state index in [9.17, 15) is 19.2 Å². The van der Waals surface area contributed by atoms with Crippen LogP contribution < -0.4 is 11.0 Å². The number of nitrogens with one attached hydrogen (secondary N) is 3. The zero-order chi connectivity index (χ0) is 21.7. The normalized spacial score (nSPS) is 27.1. The topological polar surface area (TPSA) is 124 Å². The number of hydrogen-bond donors (Lipinski definition) is 3. The van der Waals surface area contributed by atoms with E-state index in [1.807, 2.05) is 6.92 Å². The van der Waals surface area contributed by atoms with Crippen molar-refractivity contribution in [2.45, 2.75) is 50.8 Å². The van der Waals surface area contributed by atoms with Gasteiger partial charge in [-0.25, -0.2) is 4.79 Å². The van der Waals surface area contributed by atoms with E-state index in [1.165, 1.54) is 0 Å². The summed E-state index contributed by atoms with van der Waals surface area (Å²) in [5.41, 5.74) is 1.17. The van der Waals surface area contributed by atoms with Crippen LogP contribution in [0.5, 0.6) is 0 Å². The van der Waals surface area contributed by atoms with Crippen LogP contribution in [-0.2, 0) is 14.3 Å². The summed E-state index contributed by atoms with van der Waals surface area (Å²) in [6, 6.07) is 3.65. The van der Waals surface area contributed by atoms with Crippen molar-refractivity contribution in [2.24, 2.45) is 11.8 Å². The first-order chi connectivity index (χ1) is 14.9. The highest BCUT2D eigenvalue weighted by Gasteiger charge is 2.52. The summed E-state index contributed by atoms with van der Waals surface area (Å²) in [4.78, 5) is 57.5. The molecular weight excluding hydrogens is 400 g/mol. The summed E-state index contributed by atoms with van der Waals surface area (Å²) >= 11 is 0. The van der Waals surface area contributed by atoms with Gasteiger partial charge < -0.3 is 24.9 Å². The highest BCUT2D eigenvalue weighted by Crippen LogP contribution is 2.34. The molecule has 3 heterocycles. The number of H-pyrrole nitrogens is 2. The highest BCUT2D eigenvalue weighted by molar-refractivity contribution is 6.01. The Morgan fingerprint density at radius 3 is 2.68 bits per heavy atom. The number of carbonyl (C=O) groups is 3. The molecule has 1 aliphatic carbocycles. The predicted molar refractivity (Wildman–Crippen MR) is 112 cm³/mol. The third kappa shape index (κ3) is 3.46. The molecule has 5 rings (SSSR count). The zero-order valence-corrected chi connectivity index (χ0v) is 17.3. The zero-order valence-electron chi connectivity index (χ0n) is 17.3. The third-order valence-corrected chi connectivity index (χ3v) is 6.93. The van der Waals surface area contributed by atoms with Crippen molar-refractivity contribution in [3.05, 3.63) is 34.2 Å². The van der Waals surface area contributed by atoms with Crippen LogP contribution in [0.4, 0.5) is 0 Å². The Morgan fingerprint density at radius 2 is 1.90 bits per heavy atom. The van der Waals surface area contributed by atoms with Crippen LogP contribution >= 0.6 is 0 Å². The third-order valence-electron chi connectivity index (χ3n) is 6.93. The minimum Gasteiger partial charge on any atom is -0.367 e. The molecule has 1 aromatic heterocycles. The molecule has 4 atom stereocenters. The highest BCUT2D eigenvalue weighted by atomic mass is 16.5. The Hall–Kier alpha value is -2.94. The van der Waals surface area contributed by atoms with Crippen molar-refractivity contribution in [1.82, 2.24) is 20.2 Å². The van der Waals surface area contributed by atoms with Gasteiger partial charge in [0.1, 0.15) is 18.7 Å². The molecule has 164 valence electrons. The van der Waals surface area contributed by atoms with Crippen LogP contribution in [0.15, 0.2) is 23.0 Å². The number of rotatable bonds is 4. The van der Waals surface area contributed by atoms with Crippen molar-refractivity contribution in [2.75, 3.05) is 13.2 Å². The molecule has 3 fully saturated rings. The Labute approximate surface area is 178 Å². The van der Waals surface area contributed by atoms with Gasteiger partial charge in [0.15, 0.2) is 5.78 Å². The Morgan fingerprint density at radius 1 is 1.16 bits per heavy atom. The van der Waals surface area contributed by atoms with E-state index in [4.69, 9.17) is 4.74 Å². The Bertz CT molecular complexity index is 1100. The Kier molecular flexibility index (Phi) is 4.92. The van der Waals surface area contributed by atoms with E-state index >= 15 is 0 Å². The molecule has 3 aliphatic rings. The van der Waals surface area contributed by atoms with Gasteiger partial charge in [0.05, 0.1) is 17.1 Å². The van der Waals surface area contributed by atoms with Gasteiger partial charge in [0.25, 0.3) is 5.91 Å². The number of benzene rings is 1. The van der Waals surface area contributed by atoms with Gasteiger partial charge in [-0.1, -0.05) is 19.8 Å². The predicted octanol–water partition coefficient (Wildman–Crippen LogP) is 0.960. The second kappa shape index (κ2) is 7.64. The number of fused-ring (bicyclic) bond motifs is 2. The molecule has 9 nitrogen and oxygen atoms in total. The number of amides is 2. The number of ketones is 1. The molecule has 1 aromatic carbocycles. The molecule has 2 amide bonds. The lowest BCUT2D eigenvalue weighted by molar-refractivity contribution is -0.139. The number of likely N-dealkylation sites (tertiary alicyclic amines) is 1. The molecule has 0 radical (unpaired) electrons. The Balaban J connectivity index is 1.40. The lowest BCUT2D eigenvalue weighted by Crippen LogP contribution is -2.54. The van der Waals surface area contributed by atoms with Crippen LogP contribution in [0.2, 0.25) is 0 Å². The summed E-state index contributed by atoms with van der Waals surface area (Å²) in [6.45, 7) is 2.48. The summed E-state index contributed by atoms with van der Waals surface area (Å²) in [7, 11) is 0. The molecule has 0 bridgehead atoms. The summed E-state index contributed by atoms with van der Waals surface area (Å²) in [5.74, 6) is -0.519. The quantitative estimate of drug-likeness (QED) is 0.672. The van der Waals surface area contributed by atoms with Crippen LogP contribution in [0.3, 0.4) is 0 Å². The maximum atomic E-state index is 13.6. The maximum absolute atomic E-state index is 13.6. The summed E-state index contributed by atoms with van der Waals surface area (Å²) in [6.07, 6.45) is 3.51. The molecule has 2 aliphatic heterocycles. The van der Waals surface area contributed by atoms with Crippen molar-refractivity contribution in [1.29, 1.82) is 0 Å². The number of Topliss-reactive ketones (excluding diaryl/α,β-unsaturated/α-hetero) is 1. The number of imidazole rings is 1. The second-order valence-corrected chi connectivity index (χ2v) is 8.99. The summed E-state index contributed by atoms with van der Waals surface area (Å²) < 4.78 is 5.62. The van der Waals surface area contributed by atoms with E-state index in [0.29, 0.717) is 23.1 Å². The van der Waals surface area contributed by atoms with Gasteiger partial charge in [-0.05, 0) is 37.0 Å². The fourth-order valence-corrected chi connectivity index (χ4v) is 5.37. The molecule has 31 heavy (non-hydrogen) atoms. The molecule has 0 spiro atoms. The van der Waals surface area contributed by atoms with Crippen molar-refractivity contribution >= 4 is 28.6 Å². The molecule has 9 heteroatoms. The molecule has 3 N–H and O–H groups in total. The summed E-state index contributed by atoms with van der Waals surface area (Å²) in [5, 5.41) is 2.95. The van der Waals surface area contributed by atoms with Gasteiger partial charge in [-0.15, -0.1) is 0 Å². The number of nitrogens with zero attached hydrogens (tertiary/aromatic N) is 1. The number of carbonyl (C=O) groups excluding carboxylic acids is 3. The van der Waals surface area contributed by atoms with Crippen LogP contribution in [-0.4, -0.2) is 63.8 Å². The molecular formula is C22H26N4O5. The molecule has 1 saturated carbocycles. The first-order valence-electron chi connectivity index (χ1n) is 10.9. The number of aromatic amines is 2. The van der Waals surface area contributed by atoms with E-state index < -0.39 is 12.1 Å². The van der Waals surface area contributed by atoms with Gasteiger partial charge in [-0.3, -0.25) is 14.4 Å².